The zero-order valence-electron chi connectivity index (χ0n) is 12.9. The SMILES string of the molecule is CS(=O)(=O)N1CCCCC1Cn1c(=O)[nH]c2ccccc2c1=O. The van der Waals surface area contributed by atoms with Gasteiger partial charge in [0.1, 0.15) is 0 Å². The van der Waals surface area contributed by atoms with E-state index < -0.39 is 15.7 Å². The molecule has 1 aliphatic heterocycles. The number of hydrogen-bond acceptors (Lipinski definition) is 4. The number of sulfonamides is 1. The van der Waals surface area contributed by atoms with Crippen molar-refractivity contribution in [1.29, 1.82) is 0 Å². The lowest BCUT2D eigenvalue weighted by Crippen LogP contribution is -2.48. The molecule has 0 aliphatic carbocycles. The van der Waals surface area contributed by atoms with E-state index in [2.05, 4.69) is 4.98 Å². The molecule has 1 aromatic carbocycles. The van der Waals surface area contributed by atoms with Crippen molar-refractivity contribution in [3.8, 4) is 0 Å². The third-order valence-electron chi connectivity index (χ3n) is 4.28. The Kier molecular flexibility index (Phi) is 4.11. The maximum atomic E-state index is 12.6. The van der Waals surface area contributed by atoms with Crippen LogP contribution >= 0.6 is 0 Å². The molecule has 1 N–H and O–H groups in total. The smallest absolute Gasteiger partial charge is 0.307 e. The third kappa shape index (κ3) is 3.09. The van der Waals surface area contributed by atoms with Crippen LogP contribution in [-0.4, -0.2) is 41.1 Å². The molecule has 1 unspecified atom stereocenters. The van der Waals surface area contributed by atoms with Crippen LogP contribution in [0.5, 0.6) is 0 Å². The van der Waals surface area contributed by atoms with E-state index in [9.17, 15) is 18.0 Å². The molecule has 0 amide bonds. The van der Waals surface area contributed by atoms with Crippen molar-refractivity contribution >= 4 is 20.9 Å². The zero-order valence-corrected chi connectivity index (χ0v) is 13.7. The highest BCUT2D eigenvalue weighted by molar-refractivity contribution is 7.88. The molecule has 1 saturated heterocycles. The van der Waals surface area contributed by atoms with Crippen molar-refractivity contribution in [2.75, 3.05) is 12.8 Å². The van der Waals surface area contributed by atoms with Gasteiger partial charge in [0.2, 0.25) is 10.0 Å². The fourth-order valence-corrected chi connectivity index (χ4v) is 4.34. The molecule has 0 saturated carbocycles. The number of hydrogen-bond donors (Lipinski definition) is 1. The van der Waals surface area contributed by atoms with Crippen LogP contribution in [0, 0.1) is 0 Å². The number of nitrogens with zero attached hydrogens (tertiary/aromatic N) is 2. The summed E-state index contributed by atoms with van der Waals surface area (Å²) >= 11 is 0. The number of para-hydroxylation sites is 1. The van der Waals surface area contributed by atoms with Crippen LogP contribution in [-0.2, 0) is 16.6 Å². The molecule has 0 bridgehead atoms. The van der Waals surface area contributed by atoms with E-state index in [1.807, 2.05) is 0 Å². The zero-order chi connectivity index (χ0) is 16.6. The van der Waals surface area contributed by atoms with Crippen molar-refractivity contribution < 1.29 is 8.42 Å². The molecule has 0 radical (unpaired) electrons. The van der Waals surface area contributed by atoms with Gasteiger partial charge in [0.25, 0.3) is 5.56 Å². The fourth-order valence-electron chi connectivity index (χ4n) is 3.17. The van der Waals surface area contributed by atoms with Crippen LogP contribution in [0.1, 0.15) is 19.3 Å². The lowest BCUT2D eigenvalue weighted by molar-refractivity contribution is 0.227. The summed E-state index contributed by atoms with van der Waals surface area (Å²) in [6, 6.07) is 6.44. The van der Waals surface area contributed by atoms with E-state index >= 15 is 0 Å². The summed E-state index contributed by atoms with van der Waals surface area (Å²) in [6.07, 6.45) is 3.49. The minimum Gasteiger partial charge on any atom is -0.307 e. The van der Waals surface area contributed by atoms with Gasteiger partial charge in [-0.15, -0.1) is 0 Å². The quantitative estimate of drug-likeness (QED) is 0.883. The van der Waals surface area contributed by atoms with Gasteiger partial charge in [0.05, 0.1) is 17.2 Å². The highest BCUT2D eigenvalue weighted by atomic mass is 32.2. The Morgan fingerprint density at radius 2 is 1.96 bits per heavy atom. The Hall–Kier alpha value is -1.93. The second-order valence-corrected chi connectivity index (χ2v) is 7.85. The lowest BCUT2D eigenvalue weighted by atomic mass is 10.0. The van der Waals surface area contributed by atoms with Crippen molar-refractivity contribution in [2.45, 2.75) is 31.8 Å². The topological polar surface area (TPSA) is 92.2 Å². The first kappa shape index (κ1) is 15.9. The van der Waals surface area contributed by atoms with Crippen LogP contribution in [0.4, 0.5) is 0 Å². The largest absolute Gasteiger partial charge is 0.328 e. The molecule has 1 fully saturated rings. The normalized spacial score (nSPS) is 20.0. The Morgan fingerprint density at radius 3 is 2.70 bits per heavy atom. The summed E-state index contributed by atoms with van der Waals surface area (Å²) in [5.74, 6) is 0. The summed E-state index contributed by atoms with van der Waals surface area (Å²) in [5.41, 5.74) is -0.404. The molecular formula is C15H19N3O4S. The Morgan fingerprint density at radius 1 is 1.22 bits per heavy atom. The van der Waals surface area contributed by atoms with Crippen LogP contribution in [0.3, 0.4) is 0 Å². The average molecular weight is 337 g/mol. The number of aromatic nitrogens is 2. The van der Waals surface area contributed by atoms with Gasteiger partial charge in [0.15, 0.2) is 0 Å². The van der Waals surface area contributed by atoms with Crippen LogP contribution in [0.2, 0.25) is 0 Å². The van der Waals surface area contributed by atoms with Crippen molar-refractivity contribution in [3.63, 3.8) is 0 Å². The number of nitrogens with one attached hydrogen (secondary N) is 1. The maximum Gasteiger partial charge on any atom is 0.328 e. The first-order chi connectivity index (χ1) is 10.9. The molecule has 1 atom stereocenters. The second kappa shape index (κ2) is 5.93. The maximum absolute atomic E-state index is 12.6. The number of benzene rings is 1. The Balaban J connectivity index is 2.04. The molecule has 1 aliphatic rings. The van der Waals surface area contributed by atoms with Gasteiger partial charge in [-0.05, 0) is 25.0 Å². The van der Waals surface area contributed by atoms with Crippen molar-refractivity contribution in [1.82, 2.24) is 13.9 Å². The van der Waals surface area contributed by atoms with Gasteiger partial charge >= 0.3 is 5.69 Å². The van der Waals surface area contributed by atoms with Gasteiger partial charge in [-0.2, -0.15) is 4.31 Å². The predicted octanol–water partition coefficient (Wildman–Crippen LogP) is 0.504. The predicted molar refractivity (Wildman–Crippen MR) is 88.0 cm³/mol. The molecule has 2 heterocycles. The van der Waals surface area contributed by atoms with Crippen molar-refractivity contribution in [2.24, 2.45) is 0 Å². The Labute approximate surface area is 133 Å². The summed E-state index contributed by atoms with van der Waals surface area (Å²) in [6.45, 7) is 0.510. The fraction of sp³-hybridized carbons (Fsp3) is 0.467. The average Bonchev–Trinajstić information content (AvgIpc) is 2.51. The van der Waals surface area contributed by atoms with E-state index in [4.69, 9.17) is 0 Å². The Bertz CT molecular complexity index is 945. The minimum absolute atomic E-state index is 0.0755. The number of H-pyrrole nitrogens is 1. The van der Waals surface area contributed by atoms with E-state index in [0.29, 0.717) is 23.9 Å². The molecule has 3 rings (SSSR count). The van der Waals surface area contributed by atoms with E-state index in [0.717, 1.165) is 17.4 Å². The molecule has 7 nitrogen and oxygen atoms in total. The van der Waals surface area contributed by atoms with Gasteiger partial charge in [-0.3, -0.25) is 9.36 Å². The monoisotopic (exact) mass is 337 g/mol. The summed E-state index contributed by atoms with van der Waals surface area (Å²) in [5, 5.41) is 0.425. The molecular weight excluding hydrogens is 318 g/mol. The lowest BCUT2D eigenvalue weighted by Gasteiger charge is -2.33. The van der Waals surface area contributed by atoms with Crippen LogP contribution in [0.25, 0.3) is 10.9 Å². The summed E-state index contributed by atoms with van der Waals surface area (Å²) in [4.78, 5) is 27.5. The second-order valence-electron chi connectivity index (χ2n) is 5.91. The highest BCUT2D eigenvalue weighted by Crippen LogP contribution is 2.20. The van der Waals surface area contributed by atoms with Gasteiger partial charge in [-0.1, -0.05) is 18.6 Å². The number of aromatic amines is 1. The third-order valence-corrected chi connectivity index (χ3v) is 5.61. The van der Waals surface area contributed by atoms with Gasteiger partial charge < -0.3 is 4.98 Å². The summed E-state index contributed by atoms with van der Waals surface area (Å²) in [7, 11) is -3.36. The molecule has 8 heteroatoms. The summed E-state index contributed by atoms with van der Waals surface area (Å²) < 4.78 is 26.4. The first-order valence-corrected chi connectivity index (χ1v) is 9.41. The van der Waals surface area contributed by atoms with Crippen LogP contribution < -0.4 is 11.2 Å². The molecule has 2 aromatic rings. The minimum atomic E-state index is -3.36. The molecule has 1 aromatic heterocycles. The van der Waals surface area contributed by atoms with E-state index in [1.54, 1.807) is 24.3 Å². The van der Waals surface area contributed by atoms with Crippen molar-refractivity contribution in [3.05, 3.63) is 45.1 Å². The van der Waals surface area contributed by atoms with E-state index in [1.165, 1.54) is 10.6 Å². The molecule has 124 valence electrons. The van der Waals surface area contributed by atoms with Gasteiger partial charge in [-0.25, -0.2) is 13.2 Å². The highest BCUT2D eigenvalue weighted by Gasteiger charge is 2.30. The first-order valence-electron chi connectivity index (χ1n) is 7.56. The van der Waals surface area contributed by atoms with Crippen LogP contribution in [0.15, 0.2) is 33.9 Å². The molecule has 0 spiro atoms. The molecule has 23 heavy (non-hydrogen) atoms. The number of rotatable bonds is 3. The van der Waals surface area contributed by atoms with E-state index in [-0.39, 0.29) is 18.1 Å². The number of piperidine rings is 1. The number of fused-ring (bicyclic) bond motifs is 1. The standard InChI is InChI=1S/C15H19N3O4S/c1-23(21,22)18-9-5-4-6-11(18)10-17-14(19)12-7-2-3-8-13(12)16-15(17)20/h2-3,7-8,11H,4-6,9-10H2,1H3,(H,16,20). The van der Waals surface area contributed by atoms with Gasteiger partial charge in [0, 0.05) is 19.1 Å².